The molecule has 1 saturated carbocycles. The van der Waals surface area contributed by atoms with Gasteiger partial charge in [0.25, 0.3) is 0 Å². The lowest BCUT2D eigenvalue weighted by Crippen LogP contribution is -2.32. The fraction of sp³-hybridized carbons (Fsp3) is 0.389. The van der Waals surface area contributed by atoms with E-state index in [1.54, 1.807) is 47.6 Å². The van der Waals surface area contributed by atoms with Crippen molar-refractivity contribution in [1.29, 1.82) is 0 Å². The molecule has 4 rings (SSSR count). The average molecular weight is 360 g/mol. The molecule has 1 aliphatic carbocycles. The number of rotatable bonds is 6. The predicted molar refractivity (Wildman–Crippen MR) is 92.5 cm³/mol. The van der Waals surface area contributed by atoms with Crippen LogP contribution in [0.5, 0.6) is 0 Å². The van der Waals surface area contributed by atoms with Crippen LogP contribution < -0.4 is 4.90 Å². The van der Waals surface area contributed by atoms with Gasteiger partial charge in [0.2, 0.25) is 15.9 Å². The van der Waals surface area contributed by atoms with Crippen molar-refractivity contribution in [2.75, 3.05) is 11.4 Å². The normalized spacial score (nSPS) is 18.3. The summed E-state index contributed by atoms with van der Waals surface area (Å²) in [6.45, 7) is 0.935. The van der Waals surface area contributed by atoms with Gasteiger partial charge in [-0.3, -0.25) is 4.79 Å². The van der Waals surface area contributed by atoms with Gasteiger partial charge in [-0.1, -0.05) is 0 Å². The van der Waals surface area contributed by atoms with Crippen LogP contribution in [0, 0.1) is 0 Å². The van der Waals surface area contributed by atoms with Crippen LogP contribution in [0.4, 0.5) is 5.69 Å². The molecule has 1 amide bonds. The molecular formula is C18H20N2O4S. The number of carbonyl (C=O) groups excluding carboxylic acids is 1. The second kappa shape index (κ2) is 6.31. The predicted octanol–water partition coefficient (Wildman–Crippen LogP) is 2.76. The third kappa shape index (κ3) is 3.21. The average Bonchev–Trinajstić information content (AvgIpc) is 3.13. The Labute approximate surface area is 147 Å². The molecule has 0 spiro atoms. The summed E-state index contributed by atoms with van der Waals surface area (Å²) in [4.78, 5) is 13.8. The summed E-state index contributed by atoms with van der Waals surface area (Å²) in [5, 5.41) is 0. The van der Waals surface area contributed by atoms with Gasteiger partial charge < -0.3 is 9.32 Å². The van der Waals surface area contributed by atoms with Crippen molar-refractivity contribution in [2.45, 2.75) is 43.2 Å². The monoisotopic (exact) mass is 360 g/mol. The summed E-state index contributed by atoms with van der Waals surface area (Å²) in [6, 6.07) is 10.2. The van der Waals surface area contributed by atoms with Crippen molar-refractivity contribution in [2.24, 2.45) is 0 Å². The van der Waals surface area contributed by atoms with Crippen LogP contribution in [-0.4, -0.2) is 31.2 Å². The Morgan fingerprint density at radius 2 is 1.92 bits per heavy atom. The molecular weight excluding hydrogens is 340 g/mol. The Morgan fingerprint density at radius 3 is 2.48 bits per heavy atom. The number of anilines is 1. The fourth-order valence-electron chi connectivity index (χ4n) is 3.18. The third-order valence-corrected chi connectivity index (χ3v) is 6.59. The Kier molecular flexibility index (Phi) is 4.13. The standard InChI is InChI=1S/C18H20N2O4S/c21-18-4-1-11-19(18)14-7-9-17(10-8-14)25(22,23)20(15-5-6-15)13-16-3-2-12-24-16/h2-3,7-10,12,15H,1,4-6,11,13H2. The van der Waals surface area contributed by atoms with Crippen LogP contribution in [0.25, 0.3) is 0 Å². The highest BCUT2D eigenvalue weighted by Gasteiger charge is 2.38. The van der Waals surface area contributed by atoms with Gasteiger partial charge in [0.05, 0.1) is 17.7 Å². The zero-order chi connectivity index (χ0) is 17.4. The van der Waals surface area contributed by atoms with Gasteiger partial charge in [-0.05, 0) is 55.7 Å². The Balaban J connectivity index is 1.59. The van der Waals surface area contributed by atoms with E-state index in [0.29, 0.717) is 18.7 Å². The number of hydrogen-bond acceptors (Lipinski definition) is 4. The molecule has 0 unspecified atom stereocenters. The highest BCUT2D eigenvalue weighted by atomic mass is 32.2. The van der Waals surface area contributed by atoms with E-state index in [-0.39, 0.29) is 23.4 Å². The van der Waals surface area contributed by atoms with Gasteiger partial charge in [0, 0.05) is 24.7 Å². The highest BCUT2D eigenvalue weighted by molar-refractivity contribution is 7.89. The Hall–Kier alpha value is -2.12. The van der Waals surface area contributed by atoms with Crippen molar-refractivity contribution in [3.63, 3.8) is 0 Å². The molecule has 0 bridgehead atoms. The van der Waals surface area contributed by atoms with E-state index >= 15 is 0 Å². The second-order valence-corrected chi connectivity index (χ2v) is 8.39. The van der Waals surface area contributed by atoms with E-state index in [9.17, 15) is 13.2 Å². The molecule has 2 aromatic rings. The van der Waals surface area contributed by atoms with E-state index in [1.807, 2.05) is 0 Å². The van der Waals surface area contributed by atoms with Crippen molar-refractivity contribution in [3.8, 4) is 0 Å². The van der Waals surface area contributed by atoms with Gasteiger partial charge in [-0.2, -0.15) is 4.31 Å². The van der Waals surface area contributed by atoms with Crippen LogP contribution >= 0.6 is 0 Å². The molecule has 1 saturated heterocycles. The zero-order valence-electron chi connectivity index (χ0n) is 13.8. The molecule has 1 aromatic heterocycles. The third-order valence-electron chi connectivity index (χ3n) is 4.67. The van der Waals surface area contributed by atoms with Gasteiger partial charge in [-0.15, -0.1) is 0 Å². The lowest BCUT2D eigenvalue weighted by molar-refractivity contribution is -0.117. The summed E-state index contributed by atoms with van der Waals surface area (Å²) in [5.41, 5.74) is 0.755. The van der Waals surface area contributed by atoms with Gasteiger partial charge >= 0.3 is 0 Å². The van der Waals surface area contributed by atoms with Gasteiger partial charge in [0.15, 0.2) is 0 Å². The van der Waals surface area contributed by atoms with Crippen molar-refractivity contribution >= 4 is 21.6 Å². The summed E-state index contributed by atoms with van der Waals surface area (Å²) in [5.74, 6) is 0.725. The van der Waals surface area contributed by atoms with E-state index in [4.69, 9.17) is 4.42 Å². The molecule has 7 heteroatoms. The molecule has 132 valence electrons. The number of hydrogen-bond donors (Lipinski definition) is 0. The lowest BCUT2D eigenvalue weighted by atomic mass is 10.3. The van der Waals surface area contributed by atoms with E-state index in [2.05, 4.69) is 0 Å². The summed E-state index contributed by atoms with van der Waals surface area (Å²) < 4.78 is 32.9. The molecule has 0 N–H and O–H groups in total. The van der Waals surface area contributed by atoms with Gasteiger partial charge in [-0.25, -0.2) is 8.42 Å². The number of amides is 1. The fourth-order valence-corrected chi connectivity index (χ4v) is 4.83. The number of nitrogens with zero attached hydrogens (tertiary/aromatic N) is 2. The van der Waals surface area contributed by atoms with Crippen LogP contribution in [0.3, 0.4) is 0 Å². The maximum absolute atomic E-state index is 13.0. The minimum absolute atomic E-state index is 0.0370. The van der Waals surface area contributed by atoms with Crippen molar-refractivity contribution in [1.82, 2.24) is 4.31 Å². The Bertz CT molecular complexity index is 855. The quantitative estimate of drug-likeness (QED) is 0.794. The smallest absolute Gasteiger partial charge is 0.243 e. The molecule has 1 aliphatic heterocycles. The largest absolute Gasteiger partial charge is 0.468 e. The first-order valence-electron chi connectivity index (χ1n) is 8.50. The van der Waals surface area contributed by atoms with Crippen LogP contribution in [0.15, 0.2) is 52.0 Å². The van der Waals surface area contributed by atoms with Gasteiger partial charge in [0.1, 0.15) is 5.76 Å². The number of sulfonamides is 1. The SMILES string of the molecule is O=C1CCCN1c1ccc(S(=O)(=O)N(Cc2ccco2)C2CC2)cc1. The number of benzene rings is 1. The summed E-state index contributed by atoms with van der Waals surface area (Å²) in [6.07, 6.45) is 4.70. The van der Waals surface area contributed by atoms with Crippen LogP contribution in [-0.2, 0) is 21.4 Å². The topological polar surface area (TPSA) is 70.8 Å². The molecule has 1 aromatic carbocycles. The number of furan rings is 1. The first-order chi connectivity index (χ1) is 12.1. The molecule has 25 heavy (non-hydrogen) atoms. The van der Waals surface area contributed by atoms with Crippen LogP contribution in [0.1, 0.15) is 31.4 Å². The Morgan fingerprint density at radius 1 is 1.16 bits per heavy atom. The first kappa shape index (κ1) is 16.4. The molecule has 0 atom stereocenters. The highest BCUT2D eigenvalue weighted by Crippen LogP contribution is 2.34. The minimum Gasteiger partial charge on any atom is -0.468 e. The molecule has 6 nitrogen and oxygen atoms in total. The van der Waals surface area contributed by atoms with E-state index < -0.39 is 10.0 Å². The van der Waals surface area contributed by atoms with E-state index in [0.717, 1.165) is 24.9 Å². The summed E-state index contributed by atoms with van der Waals surface area (Å²) in [7, 11) is -3.60. The molecule has 0 radical (unpaired) electrons. The maximum Gasteiger partial charge on any atom is 0.243 e. The maximum atomic E-state index is 13.0. The second-order valence-electron chi connectivity index (χ2n) is 6.50. The number of carbonyl (C=O) groups is 1. The molecule has 2 aliphatic rings. The lowest BCUT2D eigenvalue weighted by Gasteiger charge is -2.22. The first-order valence-corrected chi connectivity index (χ1v) is 9.94. The molecule has 2 fully saturated rings. The summed E-state index contributed by atoms with van der Waals surface area (Å²) >= 11 is 0. The van der Waals surface area contributed by atoms with Crippen LogP contribution in [0.2, 0.25) is 0 Å². The van der Waals surface area contributed by atoms with Crippen molar-refractivity contribution in [3.05, 3.63) is 48.4 Å². The zero-order valence-corrected chi connectivity index (χ0v) is 14.6. The van der Waals surface area contributed by atoms with E-state index in [1.165, 1.54) is 4.31 Å². The molecule has 2 heterocycles. The van der Waals surface area contributed by atoms with Crippen molar-refractivity contribution < 1.29 is 17.6 Å². The minimum atomic E-state index is -3.60.